The Labute approximate surface area is 121 Å². The van der Waals surface area contributed by atoms with Crippen LogP contribution in [0.25, 0.3) is 10.8 Å². The largest absolute Gasteiger partial charge is 0.474 e. The summed E-state index contributed by atoms with van der Waals surface area (Å²) in [4.78, 5) is 4.52. The molecule has 20 heavy (non-hydrogen) atoms. The molecule has 1 unspecified atom stereocenters. The lowest BCUT2D eigenvalue weighted by Crippen LogP contribution is -2.14. The number of benzene rings is 1. The highest BCUT2D eigenvalue weighted by atomic mass is 16.5. The van der Waals surface area contributed by atoms with Crippen molar-refractivity contribution < 1.29 is 4.74 Å². The molecule has 0 saturated heterocycles. The van der Waals surface area contributed by atoms with Gasteiger partial charge in [-0.15, -0.1) is 0 Å². The van der Waals surface area contributed by atoms with Crippen LogP contribution in [0.4, 0.5) is 0 Å². The molecule has 108 valence electrons. The molecule has 0 aliphatic carbocycles. The van der Waals surface area contributed by atoms with Crippen molar-refractivity contribution in [3.63, 3.8) is 0 Å². The van der Waals surface area contributed by atoms with E-state index in [1.165, 1.54) is 10.9 Å². The normalized spacial score (nSPS) is 12.6. The van der Waals surface area contributed by atoms with E-state index >= 15 is 0 Å². The van der Waals surface area contributed by atoms with Crippen molar-refractivity contribution in [2.24, 2.45) is 0 Å². The van der Waals surface area contributed by atoms with Crippen molar-refractivity contribution in [3.8, 4) is 5.88 Å². The summed E-state index contributed by atoms with van der Waals surface area (Å²) in [6, 6.07) is 8.34. The van der Waals surface area contributed by atoms with Crippen LogP contribution in [-0.2, 0) is 6.54 Å². The molecule has 0 aliphatic heterocycles. The molecule has 1 aromatic heterocycles. The van der Waals surface area contributed by atoms with Gasteiger partial charge in [0.25, 0.3) is 0 Å². The lowest BCUT2D eigenvalue weighted by atomic mass is 10.1. The molecule has 0 amide bonds. The third-order valence-electron chi connectivity index (χ3n) is 3.41. The van der Waals surface area contributed by atoms with E-state index in [4.69, 9.17) is 4.74 Å². The SMILES string of the molecule is CCCC(C)Oc1ncc(CNCC)c2ccccc12. The van der Waals surface area contributed by atoms with Crippen molar-refractivity contribution in [1.29, 1.82) is 0 Å². The quantitative estimate of drug-likeness (QED) is 0.829. The van der Waals surface area contributed by atoms with Gasteiger partial charge in [0.1, 0.15) is 0 Å². The van der Waals surface area contributed by atoms with Gasteiger partial charge < -0.3 is 10.1 Å². The second-order valence-electron chi connectivity index (χ2n) is 5.13. The highest BCUT2D eigenvalue weighted by molar-refractivity contribution is 5.89. The van der Waals surface area contributed by atoms with Crippen molar-refractivity contribution in [2.75, 3.05) is 6.54 Å². The number of aromatic nitrogens is 1. The van der Waals surface area contributed by atoms with Gasteiger partial charge in [-0.25, -0.2) is 4.98 Å². The van der Waals surface area contributed by atoms with E-state index in [9.17, 15) is 0 Å². The zero-order chi connectivity index (χ0) is 14.4. The van der Waals surface area contributed by atoms with Crippen LogP contribution < -0.4 is 10.1 Å². The summed E-state index contributed by atoms with van der Waals surface area (Å²) < 4.78 is 6.00. The molecular weight excluding hydrogens is 248 g/mol. The fourth-order valence-corrected chi connectivity index (χ4v) is 2.38. The van der Waals surface area contributed by atoms with E-state index in [1.54, 1.807) is 0 Å². The molecule has 2 aromatic rings. The molecule has 2 rings (SSSR count). The molecule has 0 radical (unpaired) electrons. The van der Waals surface area contributed by atoms with Gasteiger partial charge in [-0.2, -0.15) is 0 Å². The van der Waals surface area contributed by atoms with Crippen molar-refractivity contribution in [2.45, 2.75) is 46.3 Å². The number of nitrogens with zero attached hydrogens (tertiary/aromatic N) is 1. The standard InChI is InChI=1S/C17H24N2O/c1-4-8-13(3)20-17-16-10-7-6-9-15(16)14(12-19-17)11-18-5-2/h6-7,9-10,12-13,18H,4-5,8,11H2,1-3H3. The van der Waals surface area contributed by atoms with Gasteiger partial charge in [0, 0.05) is 18.1 Å². The molecule has 0 bridgehead atoms. The number of nitrogens with one attached hydrogen (secondary N) is 1. The number of pyridine rings is 1. The van der Waals surface area contributed by atoms with Crippen LogP contribution in [0.3, 0.4) is 0 Å². The van der Waals surface area contributed by atoms with E-state index in [0.717, 1.165) is 37.2 Å². The zero-order valence-electron chi connectivity index (χ0n) is 12.6. The van der Waals surface area contributed by atoms with Gasteiger partial charge in [0.05, 0.1) is 6.10 Å². The fraction of sp³-hybridized carbons (Fsp3) is 0.471. The lowest BCUT2D eigenvalue weighted by Gasteiger charge is -2.16. The average molecular weight is 272 g/mol. The van der Waals surface area contributed by atoms with Crippen LogP contribution in [-0.4, -0.2) is 17.6 Å². The summed E-state index contributed by atoms with van der Waals surface area (Å²) >= 11 is 0. The molecular formula is C17H24N2O. The Bertz CT molecular complexity index is 554. The maximum Gasteiger partial charge on any atom is 0.221 e. The Kier molecular flexibility index (Phi) is 5.36. The number of hydrogen-bond acceptors (Lipinski definition) is 3. The molecule has 0 spiro atoms. The number of ether oxygens (including phenoxy) is 1. The molecule has 3 heteroatoms. The Balaban J connectivity index is 2.33. The second kappa shape index (κ2) is 7.25. The summed E-state index contributed by atoms with van der Waals surface area (Å²) in [5.74, 6) is 0.752. The summed E-state index contributed by atoms with van der Waals surface area (Å²) in [6.07, 6.45) is 4.31. The molecule has 1 heterocycles. The lowest BCUT2D eigenvalue weighted by molar-refractivity contribution is 0.204. The van der Waals surface area contributed by atoms with E-state index in [2.05, 4.69) is 49.3 Å². The third-order valence-corrected chi connectivity index (χ3v) is 3.41. The minimum absolute atomic E-state index is 0.204. The fourth-order valence-electron chi connectivity index (χ4n) is 2.38. The summed E-state index contributed by atoms with van der Waals surface area (Å²) in [7, 11) is 0. The topological polar surface area (TPSA) is 34.1 Å². The minimum atomic E-state index is 0.204. The van der Waals surface area contributed by atoms with Crippen LogP contribution in [0.2, 0.25) is 0 Å². The molecule has 1 atom stereocenters. The zero-order valence-corrected chi connectivity index (χ0v) is 12.6. The predicted molar refractivity (Wildman–Crippen MR) is 84.1 cm³/mol. The van der Waals surface area contributed by atoms with E-state index in [0.29, 0.717) is 0 Å². The van der Waals surface area contributed by atoms with Crippen molar-refractivity contribution in [3.05, 3.63) is 36.0 Å². The molecule has 0 saturated carbocycles. The Morgan fingerprint density at radius 3 is 2.65 bits per heavy atom. The maximum absolute atomic E-state index is 6.00. The predicted octanol–water partition coefficient (Wildman–Crippen LogP) is 3.91. The van der Waals surface area contributed by atoms with E-state index in [-0.39, 0.29) is 6.10 Å². The number of fused-ring (bicyclic) bond motifs is 1. The second-order valence-corrected chi connectivity index (χ2v) is 5.13. The number of hydrogen-bond donors (Lipinski definition) is 1. The maximum atomic E-state index is 6.00. The first-order valence-electron chi connectivity index (χ1n) is 7.50. The van der Waals surface area contributed by atoms with Crippen LogP contribution in [0, 0.1) is 0 Å². The van der Waals surface area contributed by atoms with Crippen LogP contribution in [0.1, 0.15) is 39.2 Å². The van der Waals surface area contributed by atoms with Crippen LogP contribution >= 0.6 is 0 Å². The monoisotopic (exact) mass is 272 g/mol. The van der Waals surface area contributed by atoms with Gasteiger partial charge in [-0.05, 0) is 36.9 Å². The smallest absolute Gasteiger partial charge is 0.221 e. The first-order chi connectivity index (χ1) is 9.76. The summed E-state index contributed by atoms with van der Waals surface area (Å²) in [5, 5.41) is 5.68. The highest BCUT2D eigenvalue weighted by Crippen LogP contribution is 2.27. The third kappa shape index (κ3) is 3.48. The average Bonchev–Trinajstić information content (AvgIpc) is 2.47. The molecule has 3 nitrogen and oxygen atoms in total. The van der Waals surface area contributed by atoms with Gasteiger partial charge in [-0.3, -0.25) is 0 Å². The van der Waals surface area contributed by atoms with Gasteiger partial charge in [0.2, 0.25) is 5.88 Å². The Morgan fingerprint density at radius 1 is 1.20 bits per heavy atom. The van der Waals surface area contributed by atoms with Crippen molar-refractivity contribution in [1.82, 2.24) is 10.3 Å². The molecule has 1 N–H and O–H groups in total. The van der Waals surface area contributed by atoms with Crippen molar-refractivity contribution >= 4 is 10.8 Å². The van der Waals surface area contributed by atoms with Crippen LogP contribution in [0.15, 0.2) is 30.5 Å². The van der Waals surface area contributed by atoms with Gasteiger partial charge in [-0.1, -0.05) is 38.5 Å². The first kappa shape index (κ1) is 14.8. The molecule has 1 aromatic carbocycles. The first-order valence-corrected chi connectivity index (χ1v) is 7.50. The minimum Gasteiger partial charge on any atom is -0.474 e. The Morgan fingerprint density at radius 2 is 1.95 bits per heavy atom. The highest BCUT2D eigenvalue weighted by Gasteiger charge is 2.10. The molecule has 0 aliphatic rings. The van der Waals surface area contributed by atoms with Gasteiger partial charge in [0.15, 0.2) is 0 Å². The molecule has 0 fully saturated rings. The van der Waals surface area contributed by atoms with Gasteiger partial charge >= 0.3 is 0 Å². The van der Waals surface area contributed by atoms with E-state index in [1.807, 2.05) is 12.3 Å². The number of rotatable bonds is 7. The summed E-state index contributed by atoms with van der Waals surface area (Å²) in [6.45, 7) is 8.19. The van der Waals surface area contributed by atoms with Crippen LogP contribution in [0.5, 0.6) is 5.88 Å². The van der Waals surface area contributed by atoms with E-state index < -0.39 is 0 Å². The Hall–Kier alpha value is -1.61. The summed E-state index contributed by atoms with van der Waals surface area (Å²) in [5.41, 5.74) is 1.22.